The molecule has 7 nitrogen and oxygen atoms in total. The Morgan fingerprint density at radius 3 is 2.65 bits per heavy atom. The lowest BCUT2D eigenvalue weighted by molar-refractivity contribution is -0.389. The molecule has 0 fully saturated rings. The largest absolute Gasteiger partial charge is 0.481 e. The second-order valence-corrected chi connectivity index (χ2v) is 5.40. The van der Waals surface area contributed by atoms with Crippen molar-refractivity contribution in [2.24, 2.45) is 5.41 Å². The van der Waals surface area contributed by atoms with E-state index in [1.165, 1.54) is 12.3 Å². The van der Waals surface area contributed by atoms with Gasteiger partial charge in [0.25, 0.3) is 0 Å². The number of nitrogens with one attached hydrogen (secondary N) is 1. The Labute approximate surface area is 117 Å². The third-order valence-corrected chi connectivity index (χ3v) is 3.08. The molecule has 20 heavy (non-hydrogen) atoms. The zero-order valence-corrected chi connectivity index (χ0v) is 11.6. The highest BCUT2D eigenvalue weighted by Gasteiger charge is 2.18. The number of hydrogen-bond acceptors (Lipinski definition) is 5. The minimum Gasteiger partial charge on any atom is -0.481 e. The Morgan fingerprint density at radius 2 is 2.15 bits per heavy atom. The highest BCUT2D eigenvalue weighted by atomic mass is 16.6. The van der Waals surface area contributed by atoms with Crippen LogP contribution in [0.2, 0.25) is 0 Å². The summed E-state index contributed by atoms with van der Waals surface area (Å²) < 4.78 is 0. The van der Waals surface area contributed by atoms with Gasteiger partial charge >= 0.3 is 11.8 Å². The van der Waals surface area contributed by atoms with Gasteiger partial charge in [0, 0.05) is 19.0 Å². The molecule has 1 aromatic heterocycles. The summed E-state index contributed by atoms with van der Waals surface area (Å²) in [6.07, 6.45) is 2.99. The summed E-state index contributed by atoms with van der Waals surface area (Å²) in [6, 6.07) is 2.95. The van der Waals surface area contributed by atoms with Crippen molar-refractivity contribution in [1.82, 2.24) is 4.98 Å². The standard InChI is InChI=1S/C13H19N3O4/c1-13(2,6-5-12(17)18)7-8-14-10-3-4-11(15-9-10)16(19)20/h3-4,9,14H,5-8H2,1-2H3,(H,17,18). The van der Waals surface area contributed by atoms with Crippen molar-refractivity contribution in [2.45, 2.75) is 33.1 Å². The van der Waals surface area contributed by atoms with E-state index < -0.39 is 10.9 Å². The number of pyridine rings is 1. The van der Waals surface area contributed by atoms with Gasteiger partial charge in [-0.3, -0.25) is 4.79 Å². The van der Waals surface area contributed by atoms with Gasteiger partial charge in [0.15, 0.2) is 6.20 Å². The van der Waals surface area contributed by atoms with Crippen LogP contribution in [0.4, 0.5) is 11.5 Å². The number of hydrogen-bond donors (Lipinski definition) is 2. The molecule has 0 amide bonds. The predicted octanol–water partition coefficient (Wildman–Crippen LogP) is 2.68. The van der Waals surface area contributed by atoms with Gasteiger partial charge in [-0.2, -0.15) is 0 Å². The summed E-state index contributed by atoms with van der Waals surface area (Å²) in [5.74, 6) is -0.969. The molecule has 0 bridgehead atoms. The predicted molar refractivity (Wildman–Crippen MR) is 74.6 cm³/mol. The van der Waals surface area contributed by atoms with Crippen LogP contribution in [-0.2, 0) is 4.79 Å². The highest BCUT2D eigenvalue weighted by Crippen LogP contribution is 2.26. The van der Waals surface area contributed by atoms with Gasteiger partial charge in [0.05, 0.1) is 5.69 Å². The third kappa shape index (κ3) is 5.64. The first-order chi connectivity index (χ1) is 9.30. The fourth-order valence-corrected chi connectivity index (χ4v) is 1.71. The normalized spacial score (nSPS) is 11.1. The zero-order chi connectivity index (χ0) is 15.2. The molecule has 0 aliphatic heterocycles. The monoisotopic (exact) mass is 281 g/mol. The van der Waals surface area contributed by atoms with E-state index in [-0.39, 0.29) is 17.7 Å². The minimum absolute atomic E-state index is 0.0698. The van der Waals surface area contributed by atoms with Crippen LogP contribution in [0.15, 0.2) is 18.3 Å². The Hall–Kier alpha value is -2.18. The van der Waals surface area contributed by atoms with Crippen LogP contribution in [0.3, 0.4) is 0 Å². The summed E-state index contributed by atoms with van der Waals surface area (Å²) in [6.45, 7) is 4.70. The second-order valence-electron chi connectivity index (χ2n) is 5.40. The van der Waals surface area contributed by atoms with Crippen molar-refractivity contribution in [3.05, 3.63) is 28.4 Å². The van der Waals surface area contributed by atoms with Crippen molar-refractivity contribution in [3.63, 3.8) is 0 Å². The Morgan fingerprint density at radius 1 is 1.45 bits per heavy atom. The molecule has 0 spiro atoms. The van der Waals surface area contributed by atoms with Gasteiger partial charge in [-0.1, -0.05) is 13.8 Å². The molecule has 7 heteroatoms. The van der Waals surface area contributed by atoms with Crippen molar-refractivity contribution in [3.8, 4) is 0 Å². The minimum atomic E-state index is -0.786. The SMILES string of the molecule is CC(C)(CCNc1ccc([N+](=O)[O-])nc1)CCC(=O)O. The summed E-state index contributed by atoms with van der Waals surface area (Å²) in [4.78, 5) is 24.2. The van der Waals surface area contributed by atoms with Crippen LogP contribution in [-0.4, -0.2) is 27.5 Å². The highest BCUT2D eigenvalue weighted by molar-refractivity contribution is 5.66. The molecule has 0 radical (unpaired) electrons. The van der Waals surface area contributed by atoms with Crippen molar-refractivity contribution in [1.29, 1.82) is 0 Å². The summed E-state index contributed by atoms with van der Waals surface area (Å²) >= 11 is 0. The quantitative estimate of drug-likeness (QED) is 0.560. The van der Waals surface area contributed by atoms with Gasteiger partial charge in [0.2, 0.25) is 0 Å². The first-order valence-electron chi connectivity index (χ1n) is 6.36. The third-order valence-electron chi connectivity index (χ3n) is 3.08. The number of carboxylic acid groups (broad SMARTS) is 1. The topological polar surface area (TPSA) is 105 Å². The van der Waals surface area contributed by atoms with Gasteiger partial charge in [0.1, 0.15) is 0 Å². The Bertz CT molecular complexity index is 471. The van der Waals surface area contributed by atoms with Crippen LogP contribution < -0.4 is 5.32 Å². The molecular formula is C13H19N3O4. The van der Waals surface area contributed by atoms with Crippen LogP contribution in [0.5, 0.6) is 0 Å². The molecule has 2 N–H and O–H groups in total. The van der Waals surface area contributed by atoms with Gasteiger partial charge in [-0.15, -0.1) is 0 Å². The van der Waals surface area contributed by atoms with Crippen LogP contribution in [0.25, 0.3) is 0 Å². The lowest BCUT2D eigenvalue weighted by Crippen LogP contribution is -2.18. The van der Waals surface area contributed by atoms with E-state index in [2.05, 4.69) is 10.3 Å². The first kappa shape index (κ1) is 15.9. The maximum atomic E-state index is 10.5. The number of carboxylic acids is 1. The van der Waals surface area contributed by atoms with Crippen LogP contribution in [0.1, 0.15) is 33.1 Å². The maximum absolute atomic E-state index is 10.5. The number of nitro groups is 1. The van der Waals surface area contributed by atoms with E-state index in [9.17, 15) is 14.9 Å². The molecule has 0 saturated carbocycles. The first-order valence-corrected chi connectivity index (χ1v) is 6.36. The van der Waals surface area contributed by atoms with E-state index in [4.69, 9.17) is 5.11 Å². The molecular weight excluding hydrogens is 262 g/mol. The van der Waals surface area contributed by atoms with E-state index in [0.29, 0.717) is 18.7 Å². The molecule has 1 rings (SSSR count). The molecule has 1 aromatic rings. The van der Waals surface area contributed by atoms with E-state index in [1.807, 2.05) is 13.8 Å². The van der Waals surface area contributed by atoms with Gasteiger partial charge in [-0.05, 0) is 34.2 Å². The van der Waals surface area contributed by atoms with Crippen LogP contribution >= 0.6 is 0 Å². The average Bonchev–Trinajstić information content (AvgIpc) is 2.37. The smallest absolute Gasteiger partial charge is 0.363 e. The van der Waals surface area contributed by atoms with Crippen molar-refractivity contribution >= 4 is 17.5 Å². The summed E-state index contributed by atoms with van der Waals surface area (Å²) in [7, 11) is 0. The number of rotatable bonds is 8. The number of aromatic nitrogens is 1. The summed E-state index contributed by atoms with van der Waals surface area (Å²) in [5.41, 5.74) is 0.643. The van der Waals surface area contributed by atoms with E-state index >= 15 is 0 Å². The molecule has 0 aliphatic carbocycles. The number of anilines is 1. The van der Waals surface area contributed by atoms with E-state index in [0.717, 1.165) is 6.42 Å². The molecule has 0 aliphatic rings. The Balaban J connectivity index is 2.39. The fourth-order valence-electron chi connectivity index (χ4n) is 1.71. The number of aliphatic carboxylic acids is 1. The Kier molecular flexibility index (Phi) is 5.42. The lowest BCUT2D eigenvalue weighted by Gasteiger charge is -2.23. The second kappa shape index (κ2) is 6.83. The van der Waals surface area contributed by atoms with Crippen LogP contribution in [0, 0.1) is 15.5 Å². The average molecular weight is 281 g/mol. The number of nitrogens with zero attached hydrogens (tertiary/aromatic N) is 2. The molecule has 110 valence electrons. The van der Waals surface area contributed by atoms with Gasteiger partial charge in [-0.25, -0.2) is 0 Å². The van der Waals surface area contributed by atoms with E-state index in [1.54, 1.807) is 6.07 Å². The van der Waals surface area contributed by atoms with Gasteiger partial charge < -0.3 is 20.5 Å². The fraction of sp³-hybridized carbons (Fsp3) is 0.538. The summed E-state index contributed by atoms with van der Waals surface area (Å²) in [5, 5.41) is 22.3. The van der Waals surface area contributed by atoms with Crippen molar-refractivity contribution in [2.75, 3.05) is 11.9 Å². The zero-order valence-electron chi connectivity index (χ0n) is 11.6. The molecule has 1 heterocycles. The molecule has 0 saturated heterocycles. The maximum Gasteiger partial charge on any atom is 0.363 e. The number of carbonyl (C=O) groups is 1. The molecule has 0 aromatic carbocycles. The lowest BCUT2D eigenvalue weighted by atomic mass is 9.84. The molecule has 0 atom stereocenters. The molecule has 0 unspecified atom stereocenters. The van der Waals surface area contributed by atoms with Crippen molar-refractivity contribution < 1.29 is 14.8 Å².